The van der Waals surface area contributed by atoms with Crippen molar-refractivity contribution in [3.63, 3.8) is 0 Å². The van der Waals surface area contributed by atoms with Crippen molar-refractivity contribution in [2.24, 2.45) is 5.92 Å². The molecule has 0 saturated heterocycles. The molecule has 0 radical (unpaired) electrons. The van der Waals surface area contributed by atoms with Crippen molar-refractivity contribution in [2.75, 3.05) is 6.54 Å². The van der Waals surface area contributed by atoms with Crippen LogP contribution in [0.2, 0.25) is 0 Å². The number of nitrogens with one attached hydrogen (secondary N) is 1. The minimum atomic E-state index is 0.626. The number of hydrogen-bond acceptors (Lipinski definition) is 2. The molecule has 0 aliphatic heterocycles. The fourth-order valence-corrected chi connectivity index (χ4v) is 3.15. The van der Waals surface area contributed by atoms with Crippen molar-refractivity contribution in [2.45, 2.75) is 45.6 Å². The maximum Gasteiger partial charge on any atom is 0.00825 e. The SMILES string of the molecule is CCc1ccc(C2CC2CNC(C)C)s1. The van der Waals surface area contributed by atoms with Crippen LogP contribution in [0.4, 0.5) is 0 Å². The zero-order valence-electron chi connectivity index (χ0n) is 9.92. The molecule has 1 N–H and O–H groups in total. The van der Waals surface area contributed by atoms with Gasteiger partial charge in [-0.3, -0.25) is 0 Å². The highest BCUT2D eigenvalue weighted by atomic mass is 32.1. The van der Waals surface area contributed by atoms with Crippen molar-refractivity contribution in [3.8, 4) is 0 Å². The van der Waals surface area contributed by atoms with Crippen molar-refractivity contribution in [1.29, 1.82) is 0 Å². The van der Waals surface area contributed by atoms with E-state index in [1.165, 1.54) is 24.3 Å². The summed E-state index contributed by atoms with van der Waals surface area (Å²) in [7, 11) is 0. The summed E-state index contributed by atoms with van der Waals surface area (Å²) in [6.45, 7) is 7.87. The van der Waals surface area contributed by atoms with Crippen LogP contribution in [-0.4, -0.2) is 12.6 Å². The van der Waals surface area contributed by atoms with Gasteiger partial charge in [-0.2, -0.15) is 0 Å². The molecule has 84 valence electrons. The molecule has 0 bridgehead atoms. The van der Waals surface area contributed by atoms with Crippen LogP contribution in [0, 0.1) is 5.92 Å². The Kier molecular flexibility index (Phi) is 3.47. The molecule has 15 heavy (non-hydrogen) atoms. The van der Waals surface area contributed by atoms with Crippen molar-refractivity contribution >= 4 is 11.3 Å². The molecule has 0 amide bonds. The number of rotatable bonds is 5. The van der Waals surface area contributed by atoms with Gasteiger partial charge in [0.05, 0.1) is 0 Å². The Hall–Kier alpha value is -0.340. The van der Waals surface area contributed by atoms with Crippen molar-refractivity contribution in [3.05, 3.63) is 21.9 Å². The minimum Gasteiger partial charge on any atom is -0.314 e. The van der Waals surface area contributed by atoms with Crippen LogP contribution in [0.1, 0.15) is 42.9 Å². The second kappa shape index (κ2) is 4.67. The third kappa shape index (κ3) is 2.82. The van der Waals surface area contributed by atoms with E-state index in [1.54, 1.807) is 4.88 Å². The maximum atomic E-state index is 3.53. The van der Waals surface area contributed by atoms with Crippen LogP contribution >= 0.6 is 11.3 Å². The summed E-state index contributed by atoms with van der Waals surface area (Å²) in [6, 6.07) is 5.26. The van der Waals surface area contributed by atoms with Gasteiger partial charge in [-0.1, -0.05) is 20.8 Å². The number of thiophene rings is 1. The van der Waals surface area contributed by atoms with Crippen LogP contribution in [0.15, 0.2) is 12.1 Å². The molecule has 1 aliphatic rings. The molecule has 1 aliphatic carbocycles. The zero-order chi connectivity index (χ0) is 10.8. The van der Waals surface area contributed by atoms with E-state index in [2.05, 4.69) is 38.2 Å². The lowest BCUT2D eigenvalue weighted by atomic mass is 10.2. The van der Waals surface area contributed by atoms with Gasteiger partial charge in [0, 0.05) is 15.8 Å². The molecule has 2 rings (SSSR count). The topological polar surface area (TPSA) is 12.0 Å². The van der Waals surface area contributed by atoms with Crippen LogP contribution in [0.25, 0.3) is 0 Å². The van der Waals surface area contributed by atoms with Gasteiger partial charge < -0.3 is 5.32 Å². The maximum absolute atomic E-state index is 3.53. The van der Waals surface area contributed by atoms with Gasteiger partial charge >= 0.3 is 0 Å². The normalized spacial score (nSPS) is 24.8. The van der Waals surface area contributed by atoms with Crippen molar-refractivity contribution < 1.29 is 0 Å². The first-order chi connectivity index (χ1) is 7.20. The van der Waals surface area contributed by atoms with Gasteiger partial charge in [-0.25, -0.2) is 0 Å². The largest absolute Gasteiger partial charge is 0.314 e. The molecule has 1 saturated carbocycles. The average molecular weight is 223 g/mol. The third-order valence-electron chi connectivity index (χ3n) is 3.11. The molecule has 0 spiro atoms. The lowest BCUT2D eigenvalue weighted by molar-refractivity contribution is 0.555. The van der Waals surface area contributed by atoms with Gasteiger partial charge in [0.1, 0.15) is 0 Å². The predicted octanol–water partition coefficient (Wildman–Crippen LogP) is 3.41. The molecular weight excluding hydrogens is 202 g/mol. The molecular formula is C13H21NS. The van der Waals surface area contributed by atoms with E-state index in [-0.39, 0.29) is 0 Å². The Morgan fingerprint density at radius 2 is 2.27 bits per heavy atom. The summed E-state index contributed by atoms with van der Waals surface area (Å²) < 4.78 is 0. The summed E-state index contributed by atoms with van der Waals surface area (Å²) in [5.74, 6) is 1.76. The summed E-state index contributed by atoms with van der Waals surface area (Å²) in [6.07, 6.45) is 2.58. The number of aryl methyl sites for hydroxylation is 1. The predicted molar refractivity (Wildman–Crippen MR) is 67.7 cm³/mol. The van der Waals surface area contributed by atoms with E-state index in [0.717, 1.165) is 11.8 Å². The third-order valence-corrected chi connectivity index (χ3v) is 4.47. The summed E-state index contributed by atoms with van der Waals surface area (Å²) >= 11 is 2.01. The summed E-state index contributed by atoms with van der Waals surface area (Å²) in [4.78, 5) is 3.15. The Labute approximate surface area is 96.9 Å². The van der Waals surface area contributed by atoms with Crippen LogP contribution in [0.5, 0.6) is 0 Å². The Morgan fingerprint density at radius 1 is 1.47 bits per heavy atom. The van der Waals surface area contributed by atoms with E-state index in [4.69, 9.17) is 0 Å². The van der Waals surface area contributed by atoms with Crippen LogP contribution in [-0.2, 0) is 6.42 Å². The minimum absolute atomic E-state index is 0.626. The zero-order valence-corrected chi connectivity index (χ0v) is 10.7. The van der Waals surface area contributed by atoms with E-state index >= 15 is 0 Å². The number of hydrogen-bond donors (Lipinski definition) is 1. The highest BCUT2D eigenvalue weighted by Crippen LogP contribution is 2.49. The first kappa shape index (κ1) is 11.2. The first-order valence-electron chi connectivity index (χ1n) is 6.02. The fourth-order valence-electron chi connectivity index (χ4n) is 1.99. The molecule has 2 atom stereocenters. The van der Waals surface area contributed by atoms with Gasteiger partial charge in [0.15, 0.2) is 0 Å². The van der Waals surface area contributed by atoms with E-state index in [0.29, 0.717) is 6.04 Å². The first-order valence-corrected chi connectivity index (χ1v) is 6.84. The quantitative estimate of drug-likeness (QED) is 0.806. The Bertz CT molecular complexity index is 316. The highest BCUT2D eigenvalue weighted by Gasteiger charge is 2.38. The highest BCUT2D eigenvalue weighted by molar-refractivity contribution is 7.12. The molecule has 2 heteroatoms. The standard InChI is InChI=1S/C13H21NS/c1-4-11-5-6-13(15-11)12-7-10(12)8-14-9(2)3/h5-6,9-10,12,14H,4,7-8H2,1-3H3. The van der Waals surface area contributed by atoms with Gasteiger partial charge in [0.25, 0.3) is 0 Å². The second-order valence-electron chi connectivity index (χ2n) is 4.82. The van der Waals surface area contributed by atoms with E-state index in [1.807, 2.05) is 11.3 Å². The second-order valence-corrected chi connectivity index (χ2v) is 6.02. The molecule has 1 aromatic heterocycles. The Balaban J connectivity index is 1.82. The monoisotopic (exact) mass is 223 g/mol. The molecule has 1 fully saturated rings. The van der Waals surface area contributed by atoms with Gasteiger partial charge in [-0.05, 0) is 43.4 Å². The van der Waals surface area contributed by atoms with Gasteiger partial charge in [-0.15, -0.1) is 11.3 Å². The molecule has 1 aromatic rings. The molecule has 1 heterocycles. The average Bonchev–Trinajstić information content (AvgIpc) is 2.83. The molecule has 2 unspecified atom stereocenters. The molecule has 1 nitrogen and oxygen atoms in total. The lowest BCUT2D eigenvalue weighted by Crippen LogP contribution is -2.25. The summed E-state index contributed by atoms with van der Waals surface area (Å²) in [5.41, 5.74) is 0. The van der Waals surface area contributed by atoms with Crippen LogP contribution in [0.3, 0.4) is 0 Å². The Morgan fingerprint density at radius 3 is 2.87 bits per heavy atom. The smallest absolute Gasteiger partial charge is 0.00825 e. The van der Waals surface area contributed by atoms with E-state index in [9.17, 15) is 0 Å². The van der Waals surface area contributed by atoms with Crippen LogP contribution < -0.4 is 5.32 Å². The van der Waals surface area contributed by atoms with Crippen molar-refractivity contribution in [1.82, 2.24) is 5.32 Å². The lowest BCUT2D eigenvalue weighted by Gasteiger charge is -2.06. The summed E-state index contributed by atoms with van der Waals surface area (Å²) in [5, 5.41) is 3.53. The van der Waals surface area contributed by atoms with Gasteiger partial charge in [0.2, 0.25) is 0 Å². The molecule has 0 aromatic carbocycles. The fraction of sp³-hybridized carbons (Fsp3) is 0.692. The van der Waals surface area contributed by atoms with E-state index < -0.39 is 0 Å².